The predicted octanol–water partition coefficient (Wildman–Crippen LogP) is 4.53. The van der Waals surface area contributed by atoms with Gasteiger partial charge in [-0.1, -0.05) is 32.3 Å². The number of hydrogen-bond donors (Lipinski definition) is 1. The first kappa shape index (κ1) is 21.7. The number of carbonyl (C=O) groups excluding carboxylic acids is 1. The predicted molar refractivity (Wildman–Crippen MR) is 126 cm³/mol. The molecule has 9 heteroatoms. The Bertz CT molecular complexity index is 1350. The lowest BCUT2D eigenvalue weighted by Crippen LogP contribution is -2.41. The molecular formula is C22H23N3O3S3. The number of aryl methyl sites for hydroxylation is 1. The van der Waals surface area contributed by atoms with Crippen LogP contribution in [0, 0.1) is 6.92 Å². The van der Waals surface area contributed by atoms with Gasteiger partial charge < -0.3 is 4.90 Å². The summed E-state index contributed by atoms with van der Waals surface area (Å²) in [5, 5.41) is 0. The summed E-state index contributed by atoms with van der Waals surface area (Å²) in [5.74, 6) is -0.623. The third kappa shape index (κ3) is 3.81. The highest BCUT2D eigenvalue weighted by Crippen LogP contribution is 2.48. The zero-order chi connectivity index (χ0) is 22.6. The van der Waals surface area contributed by atoms with Crippen LogP contribution in [0.5, 0.6) is 0 Å². The summed E-state index contributed by atoms with van der Waals surface area (Å²) >= 11 is 0. The first-order chi connectivity index (χ1) is 14.5. The fraction of sp³-hybridized carbons (Fsp3) is 0.273. The maximum Gasteiger partial charge on any atom is 0.264 e. The van der Waals surface area contributed by atoms with E-state index in [4.69, 9.17) is 4.99 Å². The Morgan fingerprint density at radius 3 is 2.42 bits per heavy atom. The van der Waals surface area contributed by atoms with Gasteiger partial charge in [0.15, 0.2) is 0 Å². The third-order valence-electron chi connectivity index (χ3n) is 5.48. The minimum Gasteiger partial charge on any atom is -0.364 e. The molecule has 0 bridgehead atoms. The summed E-state index contributed by atoms with van der Waals surface area (Å²) in [4.78, 5) is 19.6. The molecule has 1 aliphatic rings. The molecule has 0 spiro atoms. The molecule has 6 nitrogen and oxygen atoms in total. The van der Waals surface area contributed by atoms with E-state index in [1.807, 2.05) is 4.72 Å². The highest BCUT2D eigenvalue weighted by atomic mass is 32.9. The fourth-order valence-corrected chi connectivity index (χ4v) is 7.64. The van der Waals surface area contributed by atoms with Crippen LogP contribution in [-0.4, -0.2) is 21.4 Å². The molecule has 0 atom stereocenters. The molecule has 162 valence electrons. The van der Waals surface area contributed by atoms with Crippen LogP contribution in [0.4, 0.5) is 11.4 Å². The van der Waals surface area contributed by atoms with E-state index in [2.05, 4.69) is 50.9 Å². The highest BCUT2D eigenvalue weighted by Gasteiger charge is 2.37. The van der Waals surface area contributed by atoms with E-state index in [0.717, 1.165) is 15.8 Å². The minimum atomic E-state index is -3.86. The summed E-state index contributed by atoms with van der Waals surface area (Å²) in [6, 6.07) is 12.7. The van der Waals surface area contributed by atoms with Gasteiger partial charge in [0.2, 0.25) is 5.91 Å². The number of rotatable bonds is 3. The number of carbonyl (C=O) groups is 1. The molecule has 2 aromatic carbocycles. The zero-order valence-corrected chi connectivity index (χ0v) is 20.3. The first-order valence-electron chi connectivity index (χ1n) is 9.67. The standard InChI is InChI=1S/C22H23N3O3S3/c1-13-6-11-18-17(12-13)19-20(22(3,4)25(18)5)29-30-21(19)23-15-7-9-16(10-8-15)31(27,28)24-14(2)26/h6-12H,1-5H3,(H,24,26). The molecule has 0 radical (unpaired) electrons. The lowest BCUT2D eigenvalue weighted by Gasteiger charge is -2.42. The molecule has 2 heterocycles. The van der Waals surface area contributed by atoms with Gasteiger partial charge in [0, 0.05) is 30.8 Å². The average Bonchev–Trinajstić information content (AvgIpc) is 3.10. The molecule has 4 rings (SSSR count). The molecule has 0 aliphatic carbocycles. The van der Waals surface area contributed by atoms with Gasteiger partial charge >= 0.3 is 0 Å². The van der Waals surface area contributed by atoms with Gasteiger partial charge in [-0.25, -0.2) is 18.1 Å². The van der Waals surface area contributed by atoms with E-state index in [-0.39, 0.29) is 10.4 Å². The lowest BCUT2D eigenvalue weighted by atomic mass is 9.87. The maximum atomic E-state index is 12.2. The number of nitrogens with zero attached hydrogens (tertiary/aromatic N) is 2. The van der Waals surface area contributed by atoms with Gasteiger partial charge in [-0.15, -0.1) is 0 Å². The van der Waals surface area contributed by atoms with Crippen molar-refractivity contribution in [3.63, 3.8) is 0 Å². The van der Waals surface area contributed by atoms with E-state index in [1.165, 1.54) is 35.2 Å². The topological polar surface area (TPSA) is 78.8 Å². The van der Waals surface area contributed by atoms with E-state index in [9.17, 15) is 13.2 Å². The van der Waals surface area contributed by atoms with Crippen molar-refractivity contribution < 1.29 is 13.2 Å². The van der Waals surface area contributed by atoms with E-state index in [0.29, 0.717) is 5.69 Å². The number of fused-ring (bicyclic) bond motifs is 3. The molecule has 0 saturated heterocycles. The van der Waals surface area contributed by atoms with E-state index < -0.39 is 15.9 Å². The molecule has 1 amide bonds. The van der Waals surface area contributed by atoms with Crippen LogP contribution < -0.4 is 14.3 Å². The van der Waals surface area contributed by atoms with Gasteiger partial charge in [-0.05, 0) is 57.2 Å². The Kier molecular flexibility index (Phi) is 5.31. The number of anilines is 1. The number of benzene rings is 2. The van der Waals surface area contributed by atoms with Crippen LogP contribution in [0.15, 0.2) is 52.4 Å². The van der Waals surface area contributed by atoms with Crippen molar-refractivity contribution in [2.45, 2.75) is 38.1 Å². The molecule has 0 saturated carbocycles. The molecule has 1 aliphatic heterocycles. The van der Waals surface area contributed by atoms with Crippen molar-refractivity contribution in [2.75, 3.05) is 11.9 Å². The van der Waals surface area contributed by atoms with Crippen LogP contribution in [0.25, 0.3) is 11.1 Å². The van der Waals surface area contributed by atoms with Gasteiger partial charge in [-0.3, -0.25) is 4.79 Å². The third-order valence-corrected chi connectivity index (χ3v) is 9.56. The van der Waals surface area contributed by atoms with Crippen molar-refractivity contribution in [1.29, 1.82) is 0 Å². The lowest BCUT2D eigenvalue weighted by molar-refractivity contribution is -0.117. The fourth-order valence-electron chi connectivity index (χ4n) is 3.64. The van der Waals surface area contributed by atoms with Gasteiger partial charge in [0.25, 0.3) is 10.0 Å². The zero-order valence-electron chi connectivity index (χ0n) is 17.9. The Morgan fingerprint density at radius 1 is 1.10 bits per heavy atom. The molecule has 0 fully saturated rings. The normalized spacial score (nSPS) is 15.4. The van der Waals surface area contributed by atoms with Crippen molar-refractivity contribution >= 4 is 48.0 Å². The summed E-state index contributed by atoms with van der Waals surface area (Å²) in [7, 11) is 1.61. The number of hydrogen-bond acceptors (Lipinski definition) is 7. The Labute approximate surface area is 189 Å². The quantitative estimate of drug-likeness (QED) is 0.567. The summed E-state index contributed by atoms with van der Waals surface area (Å²) in [6.45, 7) is 7.67. The second kappa shape index (κ2) is 7.58. The Balaban J connectivity index is 1.83. The van der Waals surface area contributed by atoms with Gasteiger partial charge in [0.05, 0.1) is 21.0 Å². The summed E-state index contributed by atoms with van der Waals surface area (Å²) < 4.78 is 27.2. The number of amides is 1. The monoisotopic (exact) mass is 473 g/mol. The minimum absolute atomic E-state index is 0.0291. The highest BCUT2D eigenvalue weighted by molar-refractivity contribution is 7.90. The number of sulfonamides is 1. The van der Waals surface area contributed by atoms with E-state index in [1.54, 1.807) is 32.8 Å². The van der Waals surface area contributed by atoms with Crippen molar-refractivity contribution in [2.24, 2.45) is 4.99 Å². The Hall–Kier alpha value is -2.49. The second-order valence-corrected chi connectivity index (χ2v) is 11.9. The molecule has 3 aromatic rings. The molecular weight excluding hydrogens is 450 g/mol. The molecule has 1 N–H and O–H groups in total. The second-order valence-electron chi connectivity index (χ2n) is 8.08. The molecule has 31 heavy (non-hydrogen) atoms. The Morgan fingerprint density at radius 2 is 1.77 bits per heavy atom. The van der Waals surface area contributed by atoms with Crippen LogP contribution >= 0.6 is 20.7 Å². The van der Waals surface area contributed by atoms with Crippen LogP contribution in [0.3, 0.4) is 0 Å². The van der Waals surface area contributed by atoms with Crippen molar-refractivity contribution in [3.05, 3.63) is 57.6 Å². The van der Waals surface area contributed by atoms with Crippen LogP contribution in [-0.2, 0) is 20.4 Å². The van der Waals surface area contributed by atoms with Gasteiger partial charge in [-0.2, -0.15) is 0 Å². The molecule has 1 aromatic heterocycles. The van der Waals surface area contributed by atoms with Gasteiger partial charge in [0.1, 0.15) is 4.67 Å². The van der Waals surface area contributed by atoms with Crippen LogP contribution in [0.1, 0.15) is 31.2 Å². The average molecular weight is 474 g/mol. The number of nitrogens with one attached hydrogen (secondary N) is 1. The maximum absolute atomic E-state index is 12.2. The first-order valence-corrected chi connectivity index (χ1v) is 13.3. The smallest absolute Gasteiger partial charge is 0.264 e. The largest absolute Gasteiger partial charge is 0.364 e. The van der Waals surface area contributed by atoms with Crippen molar-refractivity contribution in [3.8, 4) is 11.1 Å². The SMILES string of the molecule is CC(=O)NS(=O)(=O)c1ccc(N=c2ssc3c2-c2cc(C)ccc2N(C)C3(C)C)cc1. The molecule has 0 unspecified atom stereocenters. The van der Waals surface area contributed by atoms with Crippen molar-refractivity contribution in [1.82, 2.24) is 4.72 Å². The summed E-state index contributed by atoms with van der Waals surface area (Å²) in [6.07, 6.45) is 0. The van der Waals surface area contributed by atoms with Crippen LogP contribution in [0.2, 0.25) is 0 Å². The van der Waals surface area contributed by atoms with E-state index >= 15 is 0 Å². The summed E-state index contributed by atoms with van der Waals surface area (Å²) in [5.41, 5.74) is 5.16.